The predicted molar refractivity (Wildman–Crippen MR) is 63.6 cm³/mol. The van der Waals surface area contributed by atoms with E-state index in [2.05, 4.69) is 24.1 Å². The molecule has 0 atom stereocenters. The third-order valence-corrected chi connectivity index (χ3v) is 2.32. The lowest BCUT2D eigenvalue weighted by molar-refractivity contribution is -0.384. The van der Waals surface area contributed by atoms with E-state index in [9.17, 15) is 10.1 Å². The molecule has 0 saturated heterocycles. The summed E-state index contributed by atoms with van der Waals surface area (Å²) in [5, 5.41) is 13.9. The van der Waals surface area contributed by atoms with Gasteiger partial charge in [0.25, 0.3) is 0 Å². The predicted octanol–water partition coefficient (Wildman–Crippen LogP) is 2.76. The molecule has 0 radical (unpaired) electrons. The van der Waals surface area contributed by atoms with Crippen LogP contribution in [-0.4, -0.2) is 16.5 Å². The van der Waals surface area contributed by atoms with E-state index in [1.165, 1.54) is 0 Å². The van der Waals surface area contributed by atoms with Crippen LogP contribution in [0.2, 0.25) is 0 Å². The highest BCUT2D eigenvalue weighted by Crippen LogP contribution is 2.25. The van der Waals surface area contributed by atoms with Gasteiger partial charge in [-0.05, 0) is 25.3 Å². The lowest BCUT2D eigenvalue weighted by Gasteiger charge is -2.08. The Hall–Kier alpha value is -1.65. The molecule has 16 heavy (non-hydrogen) atoms. The Morgan fingerprint density at radius 3 is 2.81 bits per heavy atom. The van der Waals surface area contributed by atoms with Crippen molar-refractivity contribution in [2.45, 2.75) is 27.2 Å². The molecule has 1 heterocycles. The molecular formula is C11H17N3O2. The Kier molecular flexibility index (Phi) is 4.22. The van der Waals surface area contributed by atoms with Gasteiger partial charge in [-0.15, -0.1) is 0 Å². The summed E-state index contributed by atoms with van der Waals surface area (Å²) in [6, 6.07) is 1.64. The van der Waals surface area contributed by atoms with Crippen LogP contribution in [0.25, 0.3) is 0 Å². The molecule has 1 N–H and O–H groups in total. The van der Waals surface area contributed by atoms with Gasteiger partial charge in [-0.25, -0.2) is 4.98 Å². The summed E-state index contributed by atoms with van der Waals surface area (Å²) in [5.74, 6) is 0.932. The summed E-state index contributed by atoms with van der Waals surface area (Å²) in [6.45, 7) is 6.64. The molecule has 0 bridgehead atoms. The van der Waals surface area contributed by atoms with Gasteiger partial charge in [-0.3, -0.25) is 10.1 Å². The highest BCUT2D eigenvalue weighted by molar-refractivity contribution is 5.59. The Balaban J connectivity index is 2.79. The molecule has 0 aromatic carbocycles. The summed E-state index contributed by atoms with van der Waals surface area (Å²) in [4.78, 5) is 14.5. The number of nitrogens with one attached hydrogen (secondary N) is 1. The average Bonchev–Trinajstić information content (AvgIpc) is 2.16. The lowest BCUT2D eigenvalue weighted by atomic mass is 10.1. The third-order valence-electron chi connectivity index (χ3n) is 2.32. The van der Waals surface area contributed by atoms with Gasteiger partial charge in [0.1, 0.15) is 0 Å². The van der Waals surface area contributed by atoms with E-state index in [-0.39, 0.29) is 10.6 Å². The van der Waals surface area contributed by atoms with Crippen LogP contribution < -0.4 is 5.32 Å². The van der Waals surface area contributed by atoms with Crippen molar-refractivity contribution >= 4 is 11.5 Å². The summed E-state index contributed by atoms with van der Waals surface area (Å²) < 4.78 is 0. The van der Waals surface area contributed by atoms with Crippen LogP contribution >= 0.6 is 0 Å². The Morgan fingerprint density at radius 1 is 1.56 bits per heavy atom. The van der Waals surface area contributed by atoms with E-state index in [4.69, 9.17) is 0 Å². The molecule has 0 fully saturated rings. The van der Waals surface area contributed by atoms with Gasteiger partial charge in [0.2, 0.25) is 5.82 Å². The normalized spacial score (nSPS) is 10.5. The second kappa shape index (κ2) is 5.44. The summed E-state index contributed by atoms with van der Waals surface area (Å²) in [5.41, 5.74) is 0.707. The Morgan fingerprint density at radius 2 is 2.25 bits per heavy atom. The maximum absolute atomic E-state index is 10.9. The first kappa shape index (κ1) is 12.4. The van der Waals surface area contributed by atoms with Crippen LogP contribution in [-0.2, 0) is 0 Å². The smallest absolute Gasteiger partial charge is 0.314 e. The number of nitrogens with zero attached hydrogens (tertiary/aromatic N) is 2. The minimum absolute atomic E-state index is 0.0752. The third kappa shape index (κ3) is 3.18. The first-order valence-corrected chi connectivity index (χ1v) is 5.36. The van der Waals surface area contributed by atoms with Crippen LogP contribution in [0.4, 0.5) is 11.5 Å². The van der Waals surface area contributed by atoms with Crippen LogP contribution in [0.3, 0.4) is 0 Å². The van der Waals surface area contributed by atoms with E-state index >= 15 is 0 Å². The molecule has 88 valence electrons. The zero-order chi connectivity index (χ0) is 12.1. The quantitative estimate of drug-likeness (QED) is 0.615. The fourth-order valence-electron chi connectivity index (χ4n) is 1.39. The zero-order valence-corrected chi connectivity index (χ0v) is 9.86. The van der Waals surface area contributed by atoms with Gasteiger partial charge in [0.05, 0.1) is 4.92 Å². The number of hydrogen-bond acceptors (Lipinski definition) is 4. The number of hydrogen-bond donors (Lipinski definition) is 1. The van der Waals surface area contributed by atoms with Crippen LogP contribution in [0.5, 0.6) is 0 Å². The molecule has 5 heteroatoms. The Bertz CT molecular complexity index is 377. The zero-order valence-electron chi connectivity index (χ0n) is 9.86. The van der Waals surface area contributed by atoms with Crippen molar-refractivity contribution in [3.05, 3.63) is 27.9 Å². The van der Waals surface area contributed by atoms with E-state index < -0.39 is 0 Å². The minimum atomic E-state index is -0.389. The molecule has 5 nitrogen and oxygen atoms in total. The molecule has 1 aromatic rings. The Labute approximate surface area is 95.0 Å². The molecule has 1 aromatic heterocycles. The molecule has 0 spiro atoms. The number of pyridine rings is 1. The first-order valence-electron chi connectivity index (χ1n) is 5.36. The number of anilines is 1. The van der Waals surface area contributed by atoms with Gasteiger partial charge in [0.15, 0.2) is 0 Å². The maximum atomic E-state index is 10.9. The second-order valence-electron chi connectivity index (χ2n) is 4.19. The minimum Gasteiger partial charge on any atom is -0.364 e. The topological polar surface area (TPSA) is 68.1 Å². The number of nitro groups is 1. The summed E-state index contributed by atoms with van der Waals surface area (Å²) in [7, 11) is 0. The molecule has 0 aliphatic rings. The molecule has 0 saturated carbocycles. The van der Waals surface area contributed by atoms with Crippen LogP contribution in [0, 0.1) is 23.0 Å². The van der Waals surface area contributed by atoms with Gasteiger partial charge in [-0.2, -0.15) is 0 Å². The van der Waals surface area contributed by atoms with Gasteiger partial charge in [-0.1, -0.05) is 13.8 Å². The number of rotatable bonds is 5. The summed E-state index contributed by atoms with van der Waals surface area (Å²) >= 11 is 0. The molecular weight excluding hydrogens is 206 g/mol. The van der Waals surface area contributed by atoms with Gasteiger partial charge < -0.3 is 5.32 Å². The molecule has 1 rings (SSSR count). The van der Waals surface area contributed by atoms with Crippen molar-refractivity contribution in [2.75, 3.05) is 11.9 Å². The second-order valence-corrected chi connectivity index (χ2v) is 4.19. The number of aromatic nitrogens is 1. The van der Waals surface area contributed by atoms with Crippen molar-refractivity contribution in [2.24, 2.45) is 5.92 Å². The average molecular weight is 223 g/mol. The molecule has 0 aliphatic carbocycles. The van der Waals surface area contributed by atoms with E-state index in [1.54, 1.807) is 19.2 Å². The fraction of sp³-hybridized carbons (Fsp3) is 0.545. The van der Waals surface area contributed by atoms with Crippen molar-refractivity contribution in [3.8, 4) is 0 Å². The highest BCUT2D eigenvalue weighted by Gasteiger charge is 2.17. The van der Waals surface area contributed by atoms with Gasteiger partial charge in [0, 0.05) is 18.3 Å². The van der Waals surface area contributed by atoms with Crippen LogP contribution in [0.1, 0.15) is 25.8 Å². The fourth-order valence-corrected chi connectivity index (χ4v) is 1.39. The first-order chi connectivity index (χ1) is 7.52. The van der Waals surface area contributed by atoms with Crippen LogP contribution in [0.15, 0.2) is 12.3 Å². The largest absolute Gasteiger partial charge is 0.364 e. The highest BCUT2D eigenvalue weighted by atomic mass is 16.6. The maximum Gasteiger partial charge on any atom is 0.314 e. The van der Waals surface area contributed by atoms with Gasteiger partial charge >= 0.3 is 5.69 Å². The number of aryl methyl sites for hydroxylation is 1. The van der Waals surface area contributed by atoms with Crippen molar-refractivity contribution in [1.82, 2.24) is 4.98 Å². The monoisotopic (exact) mass is 223 g/mol. The molecule has 0 unspecified atom stereocenters. The summed E-state index contributed by atoms with van der Waals surface area (Å²) in [6.07, 6.45) is 2.55. The molecule has 0 amide bonds. The van der Waals surface area contributed by atoms with E-state index in [0.29, 0.717) is 23.8 Å². The van der Waals surface area contributed by atoms with Crippen molar-refractivity contribution in [1.29, 1.82) is 0 Å². The van der Waals surface area contributed by atoms with Crippen molar-refractivity contribution < 1.29 is 4.92 Å². The van der Waals surface area contributed by atoms with E-state index in [0.717, 1.165) is 6.42 Å². The molecule has 0 aliphatic heterocycles. The standard InChI is InChI=1S/C11H17N3O2/c1-8(2)4-6-12-11-10(14(15)16)9(3)5-7-13-11/h5,7-8H,4,6H2,1-3H3,(H,12,13). The van der Waals surface area contributed by atoms with E-state index in [1.807, 2.05) is 0 Å². The SMILES string of the molecule is Cc1ccnc(NCCC(C)C)c1[N+](=O)[O-]. The van der Waals surface area contributed by atoms with Crippen molar-refractivity contribution in [3.63, 3.8) is 0 Å². The lowest BCUT2D eigenvalue weighted by Crippen LogP contribution is -2.09.